The molecule has 2 atom stereocenters. The summed E-state index contributed by atoms with van der Waals surface area (Å²) in [6.45, 7) is 0.537. The topological polar surface area (TPSA) is 35.6 Å². The molecule has 1 heterocycles. The smallest absolute Gasteiger partial charge is 0.322 e. The number of nitrogens with zero attached hydrogens (tertiary/aromatic N) is 2. The molecule has 1 fully saturated rings. The second-order valence-electron chi connectivity index (χ2n) is 7.72. The molecule has 1 aliphatic heterocycles. The van der Waals surface area contributed by atoms with E-state index >= 15 is 0 Å². The van der Waals surface area contributed by atoms with Gasteiger partial charge in [0.15, 0.2) is 11.6 Å². The average Bonchev–Trinajstić information content (AvgIpc) is 3.22. The van der Waals surface area contributed by atoms with Crippen LogP contribution in [0, 0.1) is 11.6 Å². The van der Waals surface area contributed by atoms with Gasteiger partial charge in [0, 0.05) is 38.8 Å². The van der Waals surface area contributed by atoms with E-state index in [0.717, 1.165) is 24.1 Å². The Balaban J connectivity index is 1.90. The summed E-state index contributed by atoms with van der Waals surface area (Å²) in [5.74, 6) is -2.60. The first-order chi connectivity index (χ1) is 15.2. The summed E-state index contributed by atoms with van der Waals surface area (Å²) >= 11 is 0. The number of likely N-dealkylation sites (N-methyl/N-ethyl adjacent to an activating group) is 1. The number of hydrogen-bond acceptors (Lipinski definition) is 2. The first kappa shape index (κ1) is 24.7. The minimum atomic E-state index is -5.06. The van der Waals surface area contributed by atoms with Crippen molar-refractivity contribution in [1.82, 2.24) is 10.2 Å². The van der Waals surface area contributed by atoms with E-state index in [4.69, 9.17) is 0 Å². The van der Waals surface area contributed by atoms with Crippen LogP contribution in [0.25, 0.3) is 0 Å². The van der Waals surface area contributed by atoms with Crippen molar-refractivity contribution < 1.29 is 39.9 Å². The Morgan fingerprint density at radius 2 is 1.45 bits per heavy atom. The van der Waals surface area contributed by atoms with Crippen molar-refractivity contribution in [2.75, 3.05) is 32.1 Å². The summed E-state index contributed by atoms with van der Waals surface area (Å²) in [6.07, 6.45) is -10.1. The normalized spacial score (nSPS) is 19.0. The fourth-order valence-electron chi connectivity index (χ4n) is 3.78. The largest absolute Gasteiger partial charge is 0.416 e. The minimum absolute atomic E-state index is 0.0223. The number of benzene rings is 2. The number of carbonyl (C=O) groups is 1. The molecule has 2 aromatic rings. The standard InChI is InChI=1S/C21H19F8N3O/c1-31(14-7-12(20(24,25)26)6-13(8-14)21(27,28)29)19(33)32(2)18-10-30-9-15(18)11-3-4-16(22)17(23)5-11/h3-8,15,18,30H,9-10H2,1-2H3. The molecule has 12 heteroatoms. The van der Waals surface area contributed by atoms with Crippen LogP contribution in [-0.4, -0.2) is 44.2 Å². The number of urea groups is 1. The number of amides is 2. The fraction of sp³-hybridized carbons (Fsp3) is 0.381. The molecule has 0 bridgehead atoms. The van der Waals surface area contributed by atoms with E-state index < -0.39 is 58.8 Å². The molecule has 0 saturated carbocycles. The van der Waals surface area contributed by atoms with Crippen LogP contribution in [0.4, 0.5) is 45.6 Å². The molecular formula is C21H19F8N3O. The van der Waals surface area contributed by atoms with Gasteiger partial charge in [-0.3, -0.25) is 4.90 Å². The van der Waals surface area contributed by atoms with E-state index in [-0.39, 0.29) is 12.6 Å². The summed E-state index contributed by atoms with van der Waals surface area (Å²) < 4.78 is 106. The molecule has 180 valence electrons. The van der Waals surface area contributed by atoms with Gasteiger partial charge in [-0.2, -0.15) is 26.3 Å². The van der Waals surface area contributed by atoms with Gasteiger partial charge in [0.25, 0.3) is 0 Å². The minimum Gasteiger partial charge on any atom is -0.322 e. The number of nitrogens with one attached hydrogen (secondary N) is 1. The Kier molecular flexibility index (Phi) is 6.60. The summed E-state index contributed by atoms with van der Waals surface area (Å²) in [5, 5.41) is 3.00. The Morgan fingerprint density at radius 3 is 1.97 bits per heavy atom. The van der Waals surface area contributed by atoms with Gasteiger partial charge in [0.1, 0.15) is 0 Å². The lowest BCUT2D eigenvalue weighted by Gasteiger charge is -2.33. The van der Waals surface area contributed by atoms with Gasteiger partial charge in [-0.25, -0.2) is 13.6 Å². The van der Waals surface area contributed by atoms with Crippen LogP contribution in [0.3, 0.4) is 0 Å². The van der Waals surface area contributed by atoms with Gasteiger partial charge in [-0.15, -0.1) is 0 Å². The lowest BCUT2D eigenvalue weighted by atomic mass is 9.93. The van der Waals surface area contributed by atoms with Gasteiger partial charge in [-0.1, -0.05) is 6.07 Å². The summed E-state index contributed by atoms with van der Waals surface area (Å²) in [4.78, 5) is 14.8. The highest BCUT2D eigenvalue weighted by Gasteiger charge is 2.39. The van der Waals surface area contributed by atoms with Gasteiger partial charge in [0.05, 0.1) is 17.2 Å². The lowest BCUT2D eigenvalue weighted by molar-refractivity contribution is -0.143. The summed E-state index contributed by atoms with van der Waals surface area (Å²) in [6, 6.07) is 2.70. The molecular weight excluding hydrogens is 462 g/mol. The predicted octanol–water partition coefficient (Wildman–Crippen LogP) is 5.25. The van der Waals surface area contributed by atoms with Crippen molar-refractivity contribution in [2.45, 2.75) is 24.3 Å². The molecule has 3 rings (SSSR count). The molecule has 2 unspecified atom stereocenters. The molecule has 0 spiro atoms. The number of rotatable bonds is 3. The second kappa shape index (κ2) is 8.81. The van der Waals surface area contributed by atoms with E-state index in [0.29, 0.717) is 29.1 Å². The molecule has 2 aromatic carbocycles. The average molecular weight is 481 g/mol. The number of hydrogen-bond donors (Lipinski definition) is 1. The van der Waals surface area contributed by atoms with Crippen molar-refractivity contribution in [3.63, 3.8) is 0 Å². The highest BCUT2D eigenvalue weighted by molar-refractivity contribution is 5.92. The van der Waals surface area contributed by atoms with E-state index in [1.54, 1.807) is 0 Å². The first-order valence-electron chi connectivity index (χ1n) is 9.66. The highest BCUT2D eigenvalue weighted by atomic mass is 19.4. The van der Waals surface area contributed by atoms with Crippen molar-refractivity contribution >= 4 is 11.7 Å². The third kappa shape index (κ3) is 5.21. The molecule has 4 nitrogen and oxygen atoms in total. The zero-order valence-corrected chi connectivity index (χ0v) is 17.4. The zero-order valence-electron chi connectivity index (χ0n) is 17.4. The van der Waals surface area contributed by atoms with Crippen LogP contribution in [0.2, 0.25) is 0 Å². The maximum Gasteiger partial charge on any atom is 0.416 e. The molecule has 1 aliphatic rings. The Morgan fingerprint density at radius 1 is 0.879 bits per heavy atom. The SMILES string of the molecule is CN(C(=O)N(C)C1CNCC1c1ccc(F)c(F)c1)c1cc(C(F)(F)F)cc(C(F)(F)F)c1. The van der Waals surface area contributed by atoms with Crippen LogP contribution in [0.15, 0.2) is 36.4 Å². The van der Waals surface area contributed by atoms with Crippen LogP contribution < -0.4 is 10.2 Å². The number of alkyl halides is 6. The van der Waals surface area contributed by atoms with Gasteiger partial charge in [0.2, 0.25) is 0 Å². The van der Waals surface area contributed by atoms with Gasteiger partial charge >= 0.3 is 18.4 Å². The van der Waals surface area contributed by atoms with Crippen LogP contribution in [-0.2, 0) is 12.4 Å². The molecule has 1 N–H and O–H groups in total. The Bertz CT molecular complexity index is 1000. The van der Waals surface area contributed by atoms with Gasteiger partial charge < -0.3 is 10.2 Å². The van der Waals surface area contributed by atoms with Crippen LogP contribution in [0.5, 0.6) is 0 Å². The van der Waals surface area contributed by atoms with E-state index in [1.807, 2.05) is 0 Å². The maximum absolute atomic E-state index is 13.7. The molecule has 0 radical (unpaired) electrons. The molecule has 33 heavy (non-hydrogen) atoms. The summed E-state index contributed by atoms with van der Waals surface area (Å²) in [5.41, 5.74) is -3.29. The van der Waals surface area contributed by atoms with Crippen LogP contribution >= 0.6 is 0 Å². The zero-order chi connectivity index (χ0) is 24.7. The Labute approximate surface area is 183 Å². The highest BCUT2D eigenvalue weighted by Crippen LogP contribution is 2.38. The first-order valence-corrected chi connectivity index (χ1v) is 9.66. The number of halogens is 8. The number of anilines is 1. The third-order valence-electron chi connectivity index (χ3n) is 5.60. The predicted molar refractivity (Wildman–Crippen MR) is 104 cm³/mol. The van der Waals surface area contributed by atoms with Gasteiger partial charge in [-0.05, 0) is 35.9 Å². The monoisotopic (exact) mass is 481 g/mol. The maximum atomic E-state index is 13.7. The van der Waals surface area contributed by atoms with Crippen molar-refractivity contribution in [3.05, 3.63) is 64.7 Å². The van der Waals surface area contributed by atoms with E-state index in [9.17, 15) is 39.9 Å². The molecule has 0 aromatic heterocycles. The quantitative estimate of drug-likeness (QED) is 0.609. The second-order valence-corrected chi connectivity index (χ2v) is 7.72. The number of carbonyl (C=O) groups excluding carboxylic acids is 1. The van der Waals surface area contributed by atoms with Crippen molar-refractivity contribution in [1.29, 1.82) is 0 Å². The molecule has 2 amide bonds. The third-order valence-corrected chi connectivity index (χ3v) is 5.60. The molecule has 0 aliphatic carbocycles. The lowest BCUT2D eigenvalue weighted by Crippen LogP contribution is -2.47. The fourth-order valence-corrected chi connectivity index (χ4v) is 3.78. The summed E-state index contributed by atoms with van der Waals surface area (Å²) in [7, 11) is 2.39. The van der Waals surface area contributed by atoms with Crippen molar-refractivity contribution in [2.24, 2.45) is 0 Å². The molecule has 1 saturated heterocycles. The Hall–Kier alpha value is -2.89. The van der Waals surface area contributed by atoms with E-state index in [1.165, 1.54) is 13.1 Å². The van der Waals surface area contributed by atoms with Crippen LogP contribution in [0.1, 0.15) is 22.6 Å². The van der Waals surface area contributed by atoms with E-state index in [2.05, 4.69) is 5.32 Å². The van der Waals surface area contributed by atoms with Crippen molar-refractivity contribution in [3.8, 4) is 0 Å².